The third kappa shape index (κ3) is 8.89. The predicted octanol–water partition coefficient (Wildman–Crippen LogP) is 4.51. The first-order valence-corrected chi connectivity index (χ1v) is 13.6. The van der Waals surface area contributed by atoms with Gasteiger partial charge in [-0.3, -0.25) is 9.59 Å². The molecule has 0 aliphatic rings. The van der Waals surface area contributed by atoms with Gasteiger partial charge in [0.15, 0.2) is 0 Å². The summed E-state index contributed by atoms with van der Waals surface area (Å²) in [5.74, 6) is -0.161. The highest BCUT2D eigenvalue weighted by atomic mass is 16.6. The summed E-state index contributed by atoms with van der Waals surface area (Å²) in [5.41, 5.74) is 0.227. The van der Waals surface area contributed by atoms with Crippen LogP contribution in [0.4, 0.5) is 16.2 Å². The summed E-state index contributed by atoms with van der Waals surface area (Å²) >= 11 is 0. The molecule has 2 aromatic rings. The number of esters is 1. The summed E-state index contributed by atoms with van der Waals surface area (Å²) in [6.07, 6.45) is 8.20. The molecule has 0 saturated heterocycles. The maximum atomic E-state index is 12.7. The molecule has 0 heterocycles. The fraction of sp³-hybridized carbons (Fsp3) is 0.586. The van der Waals surface area contributed by atoms with E-state index in [1.165, 1.54) is 12.0 Å². The van der Waals surface area contributed by atoms with Gasteiger partial charge >= 0.3 is 12.1 Å². The van der Waals surface area contributed by atoms with Crippen molar-refractivity contribution in [1.82, 2.24) is 4.90 Å². The molecule has 0 aromatic heterocycles. The number of hydrogen-bond acceptors (Lipinski definition) is 8. The van der Waals surface area contributed by atoms with Crippen LogP contribution in [0, 0.1) is 0 Å². The van der Waals surface area contributed by atoms with Crippen LogP contribution in [-0.2, 0) is 16.0 Å². The molecular formula is C29H43N3O6. The molecule has 0 aliphatic heterocycles. The van der Waals surface area contributed by atoms with Gasteiger partial charge in [-0.15, -0.1) is 0 Å². The molecule has 1 atom stereocenters. The molecule has 210 valence electrons. The molecule has 1 N–H and O–H groups in total. The van der Waals surface area contributed by atoms with Crippen LogP contribution in [0.15, 0.2) is 33.9 Å². The standard InChI is InChI=1S/C29H43N3O6/c1-6-8-10-12-18-32(19-13-11-9-7-2)25-24(26(33)27(25)34)30-23(28(35)37-5)20-21-14-16-22(17-15-21)38-29(36)31(3)4/h14-17,23,30H,6-13,18-20H2,1-5H3/t23-/m0/s1. The van der Waals surface area contributed by atoms with Crippen LogP contribution in [0.3, 0.4) is 0 Å². The Bertz CT molecular complexity index is 1080. The number of nitrogens with one attached hydrogen (secondary N) is 1. The van der Waals surface area contributed by atoms with E-state index in [-0.39, 0.29) is 12.1 Å². The number of carbonyl (C=O) groups is 2. The summed E-state index contributed by atoms with van der Waals surface area (Å²) in [4.78, 5) is 53.1. The van der Waals surface area contributed by atoms with Gasteiger partial charge in [-0.1, -0.05) is 64.5 Å². The molecular weight excluding hydrogens is 486 g/mol. The van der Waals surface area contributed by atoms with Gasteiger partial charge in [-0.25, -0.2) is 9.59 Å². The summed E-state index contributed by atoms with van der Waals surface area (Å²) in [5, 5.41) is 3.03. The molecule has 1 amide bonds. The molecule has 0 radical (unpaired) electrons. The van der Waals surface area contributed by atoms with Crippen LogP contribution in [0.1, 0.15) is 70.8 Å². The summed E-state index contributed by atoms with van der Waals surface area (Å²) in [7, 11) is 4.48. The number of hydrogen-bond donors (Lipinski definition) is 1. The second-order valence-corrected chi connectivity index (χ2v) is 9.82. The Morgan fingerprint density at radius 1 is 0.868 bits per heavy atom. The van der Waals surface area contributed by atoms with E-state index in [0.717, 1.165) is 56.9 Å². The smallest absolute Gasteiger partial charge is 0.414 e. The van der Waals surface area contributed by atoms with Crippen LogP contribution in [0.2, 0.25) is 0 Å². The molecule has 0 bridgehead atoms. The molecule has 0 unspecified atom stereocenters. The number of unbranched alkanes of at least 4 members (excludes halogenated alkanes) is 6. The lowest BCUT2D eigenvalue weighted by molar-refractivity contribution is -0.141. The molecule has 2 rings (SSSR count). The quantitative estimate of drug-likeness (QED) is 0.181. The van der Waals surface area contributed by atoms with E-state index in [4.69, 9.17) is 9.47 Å². The van der Waals surface area contributed by atoms with Crippen molar-refractivity contribution in [1.29, 1.82) is 0 Å². The third-order valence-electron chi connectivity index (χ3n) is 6.50. The summed E-state index contributed by atoms with van der Waals surface area (Å²) in [6, 6.07) is 5.91. The first-order valence-electron chi connectivity index (χ1n) is 13.6. The SMILES string of the molecule is CCCCCCN(CCCCCC)c1c(N[C@@H](Cc2ccc(OC(=O)N(C)C)cc2)C(=O)OC)c(=O)c1=O. The number of anilines is 2. The maximum absolute atomic E-state index is 12.7. The van der Waals surface area contributed by atoms with E-state index >= 15 is 0 Å². The zero-order valence-electron chi connectivity index (χ0n) is 23.5. The number of carbonyl (C=O) groups excluding carboxylic acids is 2. The summed E-state index contributed by atoms with van der Waals surface area (Å²) < 4.78 is 10.2. The molecule has 0 fully saturated rings. The minimum absolute atomic E-state index is 0.188. The van der Waals surface area contributed by atoms with Gasteiger partial charge in [-0.05, 0) is 30.5 Å². The van der Waals surface area contributed by atoms with Gasteiger partial charge in [0.05, 0.1) is 7.11 Å². The van der Waals surface area contributed by atoms with E-state index in [2.05, 4.69) is 19.2 Å². The van der Waals surface area contributed by atoms with E-state index < -0.39 is 29.0 Å². The van der Waals surface area contributed by atoms with Crippen molar-refractivity contribution in [2.75, 3.05) is 44.5 Å². The van der Waals surface area contributed by atoms with Crippen LogP contribution >= 0.6 is 0 Å². The summed E-state index contributed by atoms with van der Waals surface area (Å²) in [6.45, 7) is 5.69. The van der Waals surface area contributed by atoms with Crippen molar-refractivity contribution in [2.24, 2.45) is 0 Å². The Kier molecular flexibility index (Phi) is 12.8. The van der Waals surface area contributed by atoms with Crippen LogP contribution in [0.25, 0.3) is 0 Å². The molecule has 9 nitrogen and oxygen atoms in total. The average molecular weight is 530 g/mol. The van der Waals surface area contributed by atoms with E-state index in [1.54, 1.807) is 38.4 Å². The number of amides is 1. The van der Waals surface area contributed by atoms with E-state index in [9.17, 15) is 19.2 Å². The van der Waals surface area contributed by atoms with Crippen LogP contribution in [0.5, 0.6) is 5.75 Å². The normalized spacial score (nSPS) is 11.7. The Balaban J connectivity index is 2.20. The molecule has 38 heavy (non-hydrogen) atoms. The first-order chi connectivity index (χ1) is 18.2. The van der Waals surface area contributed by atoms with E-state index in [1.807, 2.05) is 4.90 Å². The highest BCUT2D eigenvalue weighted by molar-refractivity contribution is 5.84. The van der Waals surface area contributed by atoms with Gasteiger partial charge in [-0.2, -0.15) is 0 Å². The Morgan fingerprint density at radius 3 is 1.95 bits per heavy atom. The van der Waals surface area contributed by atoms with Crippen molar-refractivity contribution < 1.29 is 19.1 Å². The lowest BCUT2D eigenvalue weighted by Gasteiger charge is -2.29. The van der Waals surface area contributed by atoms with Crippen molar-refractivity contribution in [3.05, 3.63) is 50.3 Å². The fourth-order valence-corrected chi connectivity index (χ4v) is 4.24. The van der Waals surface area contributed by atoms with Crippen molar-refractivity contribution in [3.63, 3.8) is 0 Å². The number of methoxy groups -OCH3 is 1. The van der Waals surface area contributed by atoms with Gasteiger partial charge in [0, 0.05) is 33.6 Å². The second kappa shape index (κ2) is 15.8. The molecule has 9 heteroatoms. The monoisotopic (exact) mass is 529 g/mol. The minimum atomic E-state index is -0.862. The van der Waals surface area contributed by atoms with Gasteiger partial charge in [0.2, 0.25) is 0 Å². The van der Waals surface area contributed by atoms with Gasteiger partial charge < -0.3 is 24.6 Å². The second-order valence-electron chi connectivity index (χ2n) is 9.82. The van der Waals surface area contributed by atoms with Crippen molar-refractivity contribution in [2.45, 2.75) is 77.7 Å². The Morgan fingerprint density at radius 2 is 1.45 bits per heavy atom. The lowest BCUT2D eigenvalue weighted by atomic mass is 10.0. The number of nitrogens with zero attached hydrogens (tertiary/aromatic N) is 2. The number of ether oxygens (including phenoxy) is 2. The molecule has 0 spiro atoms. The third-order valence-corrected chi connectivity index (χ3v) is 6.50. The fourth-order valence-electron chi connectivity index (χ4n) is 4.24. The average Bonchev–Trinajstić information content (AvgIpc) is 2.92. The minimum Gasteiger partial charge on any atom is -0.467 e. The molecule has 2 aromatic carbocycles. The Labute approximate surface area is 225 Å². The zero-order chi connectivity index (χ0) is 28.1. The van der Waals surface area contributed by atoms with Crippen molar-refractivity contribution >= 4 is 23.4 Å². The number of rotatable bonds is 17. The Hall–Kier alpha value is -3.36. The maximum Gasteiger partial charge on any atom is 0.414 e. The van der Waals surface area contributed by atoms with Crippen molar-refractivity contribution in [3.8, 4) is 5.75 Å². The highest BCUT2D eigenvalue weighted by Gasteiger charge is 2.30. The first kappa shape index (κ1) is 30.9. The largest absolute Gasteiger partial charge is 0.467 e. The van der Waals surface area contributed by atoms with Gasteiger partial charge in [0.1, 0.15) is 23.2 Å². The van der Waals surface area contributed by atoms with Crippen LogP contribution in [-0.4, -0.2) is 57.3 Å². The van der Waals surface area contributed by atoms with Gasteiger partial charge in [0.25, 0.3) is 10.9 Å². The topological polar surface area (TPSA) is 105 Å². The lowest BCUT2D eigenvalue weighted by Crippen LogP contribution is -2.46. The number of benzene rings is 1. The highest BCUT2D eigenvalue weighted by Crippen LogP contribution is 2.24. The predicted molar refractivity (Wildman–Crippen MR) is 151 cm³/mol. The van der Waals surface area contributed by atoms with Crippen LogP contribution < -0.4 is 25.8 Å². The zero-order valence-corrected chi connectivity index (χ0v) is 23.5. The molecule has 0 saturated carbocycles. The molecule has 0 aliphatic carbocycles. The van der Waals surface area contributed by atoms with E-state index in [0.29, 0.717) is 24.5 Å².